The lowest BCUT2D eigenvalue weighted by Gasteiger charge is -2.26. The first kappa shape index (κ1) is 13.5. The molecule has 0 aromatic heterocycles. The Balaban J connectivity index is 2.11. The minimum absolute atomic E-state index is 0.239. The van der Waals surface area contributed by atoms with E-state index in [0.29, 0.717) is 18.4 Å². The van der Waals surface area contributed by atoms with Gasteiger partial charge in [0.05, 0.1) is 0 Å². The Hall–Kier alpha value is -0.570. The second kappa shape index (κ2) is 7.66. The van der Waals surface area contributed by atoms with Gasteiger partial charge >= 0.3 is 0 Å². The van der Waals surface area contributed by atoms with Crippen molar-refractivity contribution in [3.05, 3.63) is 0 Å². The highest BCUT2D eigenvalue weighted by atomic mass is 16.1. The highest BCUT2D eigenvalue weighted by Crippen LogP contribution is 2.20. The third kappa shape index (κ3) is 4.97. The van der Waals surface area contributed by atoms with Crippen molar-refractivity contribution in [2.45, 2.75) is 64.3 Å². The zero-order chi connectivity index (χ0) is 11.8. The molecule has 0 aromatic rings. The van der Waals surface area contributed by atoms with Gasteiger partial charge in [0.1, 0.15) is 0 Å². The van der Waals surface area contributed by atoms with Crippen LogP contribution < -0.4 is 11.1 Å². The third-order valence-electron chi connectivity index (χ3n) is 3.52. The van der Waals surface area contributed by atoms with Crippen molar-refractivity contribution in [2.24, 2.45) is 11.7 Å². The van der Waals surface area contributed by atoms with Crippen LogP contribution in [-0.4, -0.2) is 18.5 Å². The van der Waals surface area contributed by atoms with Crippen LogP contribution in [0.3, 0.4) is 0 Å². The van der Waals surface area contributed by atoms with E-state index in [9.17, 15) is 4.79 Å². The summed E-state index contributed by atoms with van der Waals surface area (Å²) in [6.07, 6.45) is 8.76. The summed E-state index contributed by atoms with van der Waals surface area (Å²) in [5, 5.41) is 3.09. The largest absolute Gasteiger partial charge is 0.353 e. The maximum atomic E-state index is 11.6. The summed E-state index contributed by atoms with van der Waals surface area (Å²) >= 11 is 0. The maximum absolute atomic E-state index is 11.6. The number of hydrogen-bond donors (Lipinski definition) is 2. The molecule has 1 saturated carbocycles. The summed E-state index contributed by atoms with van der Waals surface area (Å²) in [5.74, 6) is 0.880. The van der Waals surface area contributed by atoms with Crippen molar-refractivity contribution < 1.29 is 4.79 Å². The molecule has 0 heterocycles. The van der Waals surface area contributed by atoms with Crippen molar-refractivity contribution in [2.75, 3.05) is 6.54 Å². The van der Waals surface area contributed by atoms with Crippen LogP contribution in [0.2, 0.25) is 0 Å². The van der Waals surface area contributed by atoms with Crippen molar-refractivity contribution >= 4 is 5.91 Å². The molecule has 1 atom stereocenters. The summed E-state index contributed by atoms with van der Waals surface area (Å²) in [7, 11) is 0. The average Bonchev–Trinajstić information content (AvgIpc) is 2.21. The van der Waals surface area contributed by atoms with Crippen LogP contribution in [0, 0.1) is 5.92 Å². The Labute approximate surface area is 99.2 Å². The smallest absolute Gasteiger partial charge is 0.220 e. The second-order valence-electron chi connectivity index (χ2n) is 4.97. The molecule has 0 spiro atoms. The molecule has 1 unspecified atom stereocenters. The van der Waals surface area contributed by atoms with Crippen LogP contribution in [0.1, 0.15) is 58.3 Å². The van der Waals surface area contributed by atoms with Crippen molar-refractivity contribution in [3.8, 4) is 0 Å². The molecular formula is C13H26N2O. The Kier molecular flexibility index (Phi) is 6.46. The van der Waals surface area contributed by atoms with Crippen LogP contribution in [-0.2, 0) is 4.79 Å². The molecule has 3 N–H and O–H groups in total. The zero-order valence-corrected chi connectivity index (χ0v) is 10.5. The summed E-state index contributed by atoms with van der Waals surface area (Å²) in [5.41, 5.74) is 5.58. The maximum Gasteiger partial charge on any atom is 0.220 e. The van der Waals surface area contributed by atoms with Crippen molar-refractivity contribution in [1.29, 1.82) is 0 Å². The van der Waals surface area contributed by atoms with E-state index in [-0.39, 0.29) is 5.91 Å². The minimum atomic E-state index is 0.239. The van der Waals surface area contributed by atoms with E-state index in [1.54, 1.807) is 0 Å². The number of rotatable bonds is 8. The standard InChI is InChI=1S/C13H26N2O/c1-2-4-11(9-10-14)7-8-13(16)15-12-5-3-6-12/h11-12H,2-10,14H2,1H3,(H,15,16). The van der Waals surface area contributed by atoms with Crippen LogP contribution >= 0.6 is 0 Å². The lowest BCUT2D eigenvalue weighted by atomic mass is 9.92. The van der Waals surface area contributed by atoms with Gasteiger partial charge in [-0.25, -0.2) is 0 Å². The highest BCUT2D eigenvalue weighted by Gasteiger charge is 2.19. The zero-order valence-electron chi connectivity index (χ0n) is 10.5. The highest BCUT2D eigenvalue weighted by molar-refractivity contribution is 5.76. The number of amides is 1. The van der Waals surface area contributed by atoms with Crippen LogP contribution in [0.25, 0.3) is 0 Å². The lowest BCUT2D eigenvalue weighted by Crippen LogP contribution is -2.39. The summed E-state index contributed by atoms with van der Waals surface area (Å²) in [4.78, 5) is 11.6. The van der Waals surface area contributed by atoms with Gasteiger partial charge in [-0.15, -0.1) is 0 Å². The Morgan fingerprint density at radius 3 is 2.62 bits per heavy atom. The lowest BCUT2D eigenvalue weighted by molar-refractivity contribution is -0.122. The molecule has 3 nitrogen and oxygen atoms in total. The number of nitrogens with two attached hydrogens (primary N) is 1. The Morgan fingerprint density at radius 2 is 2.12 bits per heavy atom. The molecule has 94 valence electrons. The first-order valence-electron chi connectivity index (χ1n) is 6.75. The molecular weight excluding hydrogens is 200 g/mol. The predicted molar refractivity (Wildman–Crippen MR) is 67.1 cm³/mol. The van der Waals surface area contributed by atoms with Crippen molar-refractivity contribution in [3.63, 3.8) is 0 Å². The molecule has 0 bridgehead atoms. The third-order valence-corrected chi connectivity index (χ3v) is 3.52. The predicted octanol–water partition coefficient (Wildman–Crippen LogP) is 2.20. The van der Waals surface area contributed by atoms with E-state index >= 15 is 0 Å². The fraction of sp³-hybridized carbons (Fsp3) is 0.923. The van der Waals surface area contributed by atoms with E-state index in [2.05, 4.69) is 12.2 Å². The number of carbonyl (C=O) groups is 1. The summed E-state index contributed by atoms with van der Waals surface area (Å²) < 4.78 is 0. The summed E-state index contributed by atoms with van der Waals surface area (Å²) in [6.45, 7) is 2.94. The molecule has 1 amide bonds. The minimum Gasteiger partial charge on any atom is -0.353 e. The van der Waals surface area contributed by atoms with Gasteiger partial charge in [-0.1, -0.05) is 19.8 Å². The first-order chi connectivity index (χ1) is 7.76. The SMILES string of the molecule is CCCC(CCN)CCC(=O)NC1CCC1. The monoisotopic (exact) mass is 226 g/mol. The molecule has 0 aromatic carbocycles. The molecule has 1 aliphatic carbocycles. The van der Waals surface area contributed by atoms with Gasteiger partial charge < -0.3 is 11.1 Å². The number of hydrogen-bond acceptors (Lipinski definition) is 2. The number of nitrogens with one attached hydrogen (secondary N) is 1. The quantitative estimate of drug-likeness (QED) is 0.666. The Bertz CT molecular complexity index is 196. The molecule has 1 aliphatic rings. The van der Waals surface area contributed by atoms with Crippen molar-refractivity contribution in [1.82, 2.24) is 5.32 Å². The first-order valence-corrected chi connectivity index (χ1v) is 6.75. The molecule has 16 heavy (non-hydrogen) atoms. The van der Waals surface area contributed by atoms with E-state index in [1.165, 1.54) is 32.1 Å². The second-order valence-corrected chi connectivity index (χ2v) is 4.97. The average molecular weight is 226 g/mol. The van der Waals surface area contributed by atoms with E-state index in [4.69, 9.17) is 5.73 Å². The van der Waals surface area contributed by atoms with Gasteiger partial charge in [0.15, 0.2) is 0 Å². The van der Waals surface area contributed by atoms with Crippen LogP contribution in [0.15, 0.2) is 0 Å². The van der Waals surface area contributed by atoms with Gasteiger partial charge in [-0.05, 0) is 44.6 Å². The number of carbonyl (C=O) groups excluding carboxylic acids is 1. The van der Waals surface area contributed by atoms with Gasteiger partial charge in [0.25, 0.3) is 0 Å². The summed E-state index contributed by atoms with van der Waals surface area (Å²) in [6, 6.07) is 0.478. The fourth-order valence-corrected chi connectivity index (χ4v) is 2.26. The van der Waals surface area contributed by atoms with Gasteiger partial charge in [0.2, 0.25) is 5.91 Å². The topological polar surface area (TPSA) is 55.1 Å². The van der Waals surface area contributed by atoms with Gasteiger partial charge in [0, 0.05) is 12.5 Å². The molecule has 0 aliphatic heterocycles. The molecule has 0 saturated heterocycles. The molecule has 1 fully saturated rings. The fourth-order valence-electron chi connectivity index (χ4n) is 2.26. The van der Waals surface area contributed by atoms with Crippen LogP contribution in [0.5, 0.6) is 0 Å². The Morgan fingerprint density at radius 1 is 1.38 bits per heavy atom. The molecule has 0 radical (unpaired) electrons. The van der Waals surface area contributed by atoms with Gasteiger partial charge in [-0.2, -0.15) is 0 Å². The van der Waals surface area contributed by atoms with E-state index in [1.807, 2.05) is 0 Å². The van der Waals surface area contributed by atoms with Crippen LogP contribution in [0.4, 0.5) is 0 Å². The molecule has 1 rings (SSSR count). The molecule has 3 heteroatoms. The van der Waals surface area contributed by atoms with E-state index < -0.39 is 0 Å². The van der Waals surface area contributed by atoms with Gasteiger partial charge in [-0.3, -0.25) is 4.79 Å². The normalized spacial score (nSPS) is 17.9. The van der Waals surface area contributed by atoms with E-state index in [0.717, 1.165) is 19.4 Å².